The van der Waals surface area contributed by atoms with E-state index in [1.807, 2.05) is 0 Å². The number of rotatable bonds is 3. The molecule has 2 aromatic rings. The van der Waals surface area contributed by atoms with Gasteiger partial charge in [0.2, 0.25) is 0 Å². The number of carbonyl (C=O) groups excluding carboxylic acids is 1. The van der Waals surface area contributed by atoms with Crippen molar-refractivity contribution in [3.05, 3.63) is 66.0 Å². The van der Waals surface area contributed by atoms with Gasteiger partial charge in [0, 0.05) is 6.20 Å². The van der Waals surface area contributed by atoms with E-state index in [-0.39, 0.29) is 5.69 Å². The molecule has 0 saturated carbocycles. The molecule has 1 aliphatic heterocycles. The molecule has 0 radical (unpaired) electrons. The minimum absolute atomic E-state index is 0.0668. The number of halogens is 3. The predicted molar refractivity (Wildman–Crippen MR) is 80.8 cm³/mol. The van der Waals surface area contributed by atoms with Crippen molar-refractivity contribution in [2.45, 2.75) is 24.3 Å². The third-order valence-electron chi connectivity index (χ3n) is 3.82. The first kappa shape index (κ1) is 16.4. The van der Waals surface area contributed by atoms with Crippen molar-refractivity contribution in [3.8, 4) is 0 Å². The summed E-state index contributed by atoms with van der Waals surface area (Å²) in [6.45, 7) is 0. The number of benzene rings is 1. The van der Waals surface area contributed by atoms with Crippen molar-refractivity contribution in [1.29, 1.82) is 0 Å². The van der Waals surface area contributed by atoms with Crippen molar-refractivity contribution in [3.63, 3.8) is 0 Å². The summed E-state index contributed by atoms with van der Waals surface area (Å²) in [6.07, 6.45) is -3.10. The Balaban J connectivity index is 1.87. The number of hydrazine groups is 1. The van der Waals surface area contributed by atoms with Crippen LogP contribution in [0.1, 0.15) is 22.1 Å². The fraction of sp³-hybridized carbons (Fsp3) is 0.250. The van der Waals surface area contributed by atoms with Crippen LogP contribution in [0.2, 0.25) is 0 Å². The van der Waals surface area contributed by atoms with Gasteiger partial charge in [0.1, 0.15) is 11.7 Å². The number of nitrogens with zero attached hydrogens (tertiary/aromatic N) is 1. The van der Waals surface area contributed by atoms with Gasteiger partial charge in [-0.1, -0.05) is 36.4 Å². The van der Waals surface area contributed by atoms with Crippen LogP contribution in [0.15, 0.2) is 54.7 Å². The average Bonchev–Trinajstić information content (AvgIpc) is 3.00. The maximum Gasteiger partial charge on any atom is 0.407 e. The molecule has 2 heterocycles. The van der Waals surface area contributed by atoms with Gasteiger partial charge in [-0.3, -0.25) is 9.78 Å². The van der Waals surface area contributed by atoms with E-state index in [0.717, 1.165) is 0 Å². The first-order chi connectivity index (χ1) is 11.5. The predicted octanol–water partition coefficient (Wildman–Crippen LogP) is 1.96. The fourth-order valence-corrected chi connectivity index (χ4v) is 2.68. The van der Waals surface area contributed by atoms with E-state index in [9.17, 15) is 18.0 Å². The van der Waals surface area contributed by atoms with E-state index < -0.39 is 30.2 Å². The average molecular weight is 336 g/mol. The zero-order valence-corrected chi connectivity index (χ0v) is 12.4. The first-order valence-electron chi connectivity index (χ1n) is 7.31. The standard InChI is InChI=1S/C16H15F3N4O/c17-16(18,19)14-13(21-15(24)11-8-4-5-9-20-11)12(22-23-14)10-6-2-1-3-7-10/h1-9,12-14,22-23H,(H,21,24). The molecule has 3 N–H and O–H groups in total. The molecule has 0 aliphatic carbocycles. The second-order valence-electron chi connectivity index (χ2n) is 5.41. The Kier molecular flexibility index (Phi) is 4.50. The Morgan fingerprint density at radius 3 is 2.38 bits per heavy atom. The van der Waals surface area contributed by atoms with Crippen LogP contribution in [0.4, 0.5) is 13.2 Å². The third kappa shape index (κ3) is 3.39. The van der Waals surface area contributed by atoms with Crippen LogP contribution in [0, 0.1) is 0 Å². The molecule has 8 heteroatoms. The van der Waals surface area contributed by atoms with Gasteiger partial charge in [0.05, 0.1) is 12.1 Å². The lowest BCUT2D eigenvalue weighted by molar-refractivity contribution is -0.156. The Bertz CT molecular complexity index is 693. The summed E-state index contributed by atoms with van der Waals surface area (Å²) in [5.74, 6) is -0.652. The largest absolute Gasteiger partial charge is 0.407 e. The van der Waals surface area contributed by atoms with E-state index in [1.54, 1.807) is 42.5 Å². The summed E-state index contributed by atoms with van der Waals surface area (Å²) in [6, 6.07) is 9.49. The van der Waals surface area contributed by atoms with Crippen molar-refractivity contribution in [2.24, 2.45) is 0 Å². The molecule has 0 spiro atoms. The number of nitrogens with one attached hydrogen (secondary N) is 3. The zero-order chi connectivity index (χ0) is 17.2. The summed E-state index contributed by atoms with van der Waals surface area (Å²) in [5, 5.41) is 2.45. The molecule has 1 fully saturated rings. The Hall–Kier alpha value is -2.45. The molecule has 3 unspecified atom stereocenters. The van der Waals surface area contributed by atoms with Crippen LogP contribution in [0.3, 0.4) is 0 Å². The number of pyridine rings is 1. The molecule has 126 valence electrons. The molecule has 1 aromatic carbocycles. The summed E-state index contributed by atoms with van der Waals surface area (Å²) < 4.78 is 39.8. The van der Waals surface area contributed by atoms with Crippen molar-refractivity contribution < 1.29 is 18.0 Å². The van der Waals surface area contributed by atoms with E-state index in [4.69, 9.17) is 0 Å². The highest BCUT2D eigenvalue weighted by Gasteiger charge is 2.52. The number of aromatic nitrogens is 1. The van der Waals surface area contributed by atoms with Gasteiger partial charge < -0.3 is 5.32 Å². The third-order valence-corrected chi connectivity index (χ3v) is 3.82. The quantitative estimate of drug-likeness (QED) is 0.802. The van der Waals surface area contributed by atoms with E-state index in [2.05, 4.69) is 21.2 Å². The number of hydrogen-bond acceptors (Lipinski definition) is 4. The number of hydrogen-bond donors (Lipinski definition) is 3. The van der Waals surface area contributed by atoms with E-state index in [0.29, 0.717) is 5.56 Å². The van der Waals surface area contributed by atoms with Gasteiger partial charge in [-0.15, -0.1) is 0 Å². The van der Waals surface area contributed by atoms with Crippen LogP contribution in [0.5, 0.6) is 0 Å². The second kappa shape index (κ2) is 6.58. The summed E-state index contributed by atoms with van der Waals surface area (Å²) in [7, 11) is 0. The minimum Gasteiger partial charge on any atom is -0.344 e. The summed E-state index contributed by atoms with van der Waals surface area (Å²) >= 11 is 0. The Morgan fingerprint density at radius 2 is 1.75 bits per heavy atom. The molecule has 1 saturated heterocycles. The molecular formula is C16H15F3N4O. The number of alkyl halides is 3. The molecular weight excluding hydrogens is 321 g/mol. The lowest BCUT2D eigenvalue weighted by Gasteiger charge is -2.25. The van der Waals surface area contributed by atoms with Crippen LogP contribution < -0.4 is 16.2 Å². The fourth-order valence-electron chi connectivity index (χ4n) is 2.68. The van der Waals surface area contributed by atoms with Crippen molar-refractivity contribution >= 4 is 5.91 Å². The highest BCUT2D eigenvalue weighted by Crippen LogP contribution is 2.32. The Labute approximate surface area is 136 Å². The summed E-state index contributed by atoms with van der Waals surface area (Å²) in [5.41, 5.74) is 5.58. The molecule has 3 rings (SSSR count). The highest BCUT2D eigenvalue weighted by molar-refractivity contribution is 5.92. The molecule has 1 aliphatic rings. The number of amides is 1. The van der Waals surface area contributed by atoms with Gasteiger partial charge in [-0.25, -0.2) is 10.9 Å². The molecule has 0 bridgehead atoms. The lowest BCUT2D eigenvalue weighted by atomic mass is 9.96. The van der Waals surface area contributed by atoms with Gasteiger partial charge >= 0.3 is 6.18 Å². The van der Waals surface area contributed by atoms with Gasteiger partial charge in [0.15, 0.2) is 0 Å². The number of carbonyl (C=O) groups is 1. The molecule has 1 aromatic heterocycles. The molecule has 24 heavy (non-hydrogen) atoms. The highest BCUT2D eigenvalue weighted by atomic mass is 19.4. The molecule has 3 atom stereocenters. The smallest absolute Gasteiger partial charge is 0.344 e. The van der Waals surface area contributed by atoms with Crippen molar-refractivity contribution in [2.75, 3.05) is 0 Å². The lowest BCUT2D eigenvalue weighted by Crippen LogP contribution is -2.53. The first-order valence-corrected chi connectivity index (χ1v) is 7.31. The monoisotopic (exact) mass is 336 g/mol. The van der Waals surface area contributed by atoms with Crippen LogP contribution in [0.25, 0.3) is 0 Å². The topological polar surface area (TPSA) is 66.1 Å². The van der Waals surface area contributed by atoms with Gasteiger partial charge in [0.25, 0.3) is 5.91 Å². The van der Waals surface area contributed by atoms with Gasteiger partial charge in [-0.05, 0) is 17.7 Å². The van der Waals surface area contributed by atoms with Crippen LogP contribution >= 0.6 is 0 Å². The van der Waals surface area contributed by atoms with Crippen LogP contribution in [-0.4, -0.2) is 29.2 Å². The normalized spacial score (nSPS) is 23.9. The maximum absolute atomic E-state index is 13.3. The second-order valence-corrected chi connectivity index (χ2v) is 5.41. The maximum atomic E-state index is 13.3. The Morgan fingerprint density at radius 1 is 1.04 bits per heavy atom. The van der Waals surface area contributed by atoms with E-state index in [1.165, 1.54) is 12.3 Å². The summed E-state index contributed by atoms with van der Waals surface area (Å²) in [4.78, 5) is 16.1. The molecule has 5 nitrogen and oxygen atoms in total. The minimum atomic E-state index is -4.52. The zero-order valence-electron chi connectivity index (χ0n) is 12.4. The van der Waals surface area contributed by atoms with Crippen LogP contribution in [-0.2, 0) is 0 Å². The van der Waals surface area contributed by atoms with E-state index >= 15 is 0 Å². The SMILES string of the molecule is O=C(NC1C(c2ccccc2)NNC1C(F)(F)F)c1ccccn1. The van der Waals surface area contributed by atoms with Crippen molar-refractivity contribution in [1.82, 2.24) is 21.2 Å². The van der Waals surface area contributed by atoms with Gasteiger partial charge in [-0.2, -0.15) is 13.2 Å². The molecule has 1 amide bonds.